The molecule has 3 rings (SSSR count). The van der Waals surface area contributed by atoms with Crippen LogP contribution in [-0.4, -0.2) is 103 Å². The van der Waals surface area contributed by atoms with Gasteiger partial charge in [0.05, 0.1) is 23.6 Å². The van der Waals surface area contributed by atoms with Gasteiger partial charge < -0.3 is 41.0 Å². The highest BCUT2D eigenvalue weighted by Gasteiger charge is 2.38. The van der Waals surface area contributed by atoms with Crippen molar-refractivity contribution in [1.29, 1.82) is 0 Å². The number of ketones is 2. The number of allylic oxidation sites excluding steroid dienone is 4. The van der Waals surface area contributed by atoms with E-state index in [1.807, 2.05) is 20.8 Å². The monoisotopic (exact) mass is 727 g/mol. The minimum absolute atomic E-state index is 0.00491. The molecule has 1 saturated heterocycles. The summed E-state index contributed by atoms with van der Waals surface area (Å²) in [5.74, 6) is -2.78. The fraction of sp³-hybridized carbons (Fsp3) is 0.568. The molecule has 15 nitrogen and oxygen atoms in total. The summed E-state index contributed by atoms with van der Waals surface area (Å²) in [6, 6.07) is -1.15. The first-order valence-electron chi connectivity index (χ1n) is 17.4. The first-order valence-corrected chi connectivity index (χ1v) is 17.4. The highest BCUT2D eigenvalue weighted by atomic mass is 16.6. The van der Waals surface area contributed by atoms with Crippen molar-refractivity contribution in [3.05, 3.63) is 58.5 Å². The third-order valence-electron chi connectivity index (χ3n) is 9.24. The Labute approximate surface area is 304 Å². The van der Waals surface area contributed by atoms with E-state index in [0.29, 0.717) is 12.0 Å². The number of methoxy groups -OCH3 is 2. The van der Waals surface area contributed by atoms with E-state index in [4.69, 9.17) is 19.9 Å². The van der Waals surface area contributed by atoms with Crippen LogP contribution in [0.2, 0.25) is 0 Å². The average molecular weight is 728 g/mol. The second kappa shape index (κ2) is 18.8. The number of hydrogen-bond acceptors (Lipinski definition) is 11. The molecule has 0 unspecified atom stereocenters. The molecular formula is C37H53N5O10. The maximum Gasteiger partial charge on any atom is 0.405 e. The number of amides is 5. The molecule has 5 amide bonds. The Balaban J connectivity index is 1.98. The summed E-state index contributed by atoms with van der Waals surface area (Å²) in [7, 11) is 2.87. The zero-order valence-electron chi connectivity index (χ0n) is 31.2. The van der Waals surface area contributed by atoms with Crippen LogP contribution < -0.4 is 21.7 Å². The summed E-state index contributed by atoms with van der Waals surface area (Å²) < 4.78 is 16.7. The number of primary amides is 1. The number of carbonyl (C=O) groups excluding carboxylic acids is 6. The molecule has 3 aliphatic rings. The van der Waals surface area contributed by atoms with Crippen LogP contribution in [0.15, 0.2) is 58.5 Å². The number of aliphatic hydroxyl groups excluding tert-OH is 1. The third-order valence-corrected chi connectivity index (χ3v) is 9.24. The number of Topliss-reactive ketones (excluding diaryl/α,β-unsaturated/α-hetero) is 1. The molecule has 0 aromatic carbocycles. The number of rotatable bonds is 9. The number of aliphatic hydroxyl groups is 1. The summed E-state index contributed by atoms with van der Waals surface area (Å²) in [4.78, 5) is 79.0. The van der Waals surface area contributed by atoms with Crippen LogP contribution >= 0.6 is 0 Å². The summed E-state index contributed by atoms with van der Waals surface area (Å²) in [5, 5.41) is 19.6. The summed E-state index contributed by atoms with van der Waals surface area (Å²) in [5.41, 5.74) is 5.99. The molecule has 0 spiro atoms. The van der Waals surface area contributed by atoms with Gasteiger partial charge in [-0.2, -0.15) is 0 Å². The quantitative estimate of drug-likeness (QED) is 0.132. The lowest BCUT2D eigenvalue weighted by Gasteiger charge is -2.30. The molecular weight excluding hydrogens is 674 g/mol. The third kappa shape index (κ3) is 10.7. The van der Waals surface area contributed by atoms with E-state index >= 15 is 0 Å². The Morgan fingerprint density at radius 2 is 1.81 bits per heavy atom. The van der Waals surface area contributed by atoms with Crippen molar-refractivity contribution in [2.24, 2.45) is 23.5 Å². The predicted octanol–water partition coefficient (Wildman–Crippen LogP) is 2.32. The topological polar surface area (TPSA) is 216 Å². The molecule has 7 atom stereocenters. The SMILES string of the molecule is CO[C@H]1/C=C/C=C(/C)C(=O)NC2=CC(=O)C(NCCN3C(=O)N[C@@H](CC(C)C)C3=O)=C(C[C@@H](C)C[C@H](OC)[C@H](O)[C@@H](C)/C=C(\C)[C@@H]1OC(N)=O)C2=O. The van der Waals surface area contributed by atoms with Gasteiger partial charge in [0.15, 0.2) is 6.10 Å². The van der Waals surface area contributed by atoms with Crippen LogP contribution in [0.25, 0.3) is 0 Å². The number of carbonyl (C=O) groups is 6. The summed E-state index contributed by atoms with van der Waals surface area (Å²) >= 11 is 0. The molecule has 2 bridgehead atoms. The van der Waals surface area contributed by atoms with E-state index in [0.717, 1.165) is 11.0 Å². The Morgan fingerprint density at radius 1 is 1.12 bits per heavy atom. The molecule has 15 heteroatoms. The molecule has 286 valence electrons. The van der Waals surface area contributed by atoms with E-state index in [2.05, 4.69) is 16.0 Å². The van der Waals surface area contributed by atoms with Crippen molar-refractivity contribution >= 4 is 35.5 Å². The Hall–Kier alpha value is -4.60. The van der Waals surface area contributed by atoms with Gasteiger partial charge in [0.25, 0.3) is 11.8 Å². The van der Waals surface area contributed by atoms with Crippen LogP contribution in [0.1, 0.15) is 60.8 Å². The maximum absolute atomic E-state index is 13.9. The number of imide groups is 1. The Kier molecular flexibility index (Phi) is 15.1. The minimum Gasteiger partial charge on any atom is -0.439 e. The zero-order chi connectivity index (χ0) is 38.9. The minimum atomic E-state index is -1.03. The van der Waals surface area contributed by atoms with Crippen molar-refractivity contribution in [2.45, 2.75) is 91.3 Å². The molecule has 0 aromatic heterocycles. The molecule has 0 saturated carbocycles. The normalized spacial score (nSPS) is 31.0. The molecule has 2 aliphatic heterocycles. The van der Waals surface area contributed by atoms with Gasteiger partial charge in [-0.25, -0.2) is 9.59 Å². The van der Waals surface area contributed by atoms with E-state index in [1.54, 1.807) is 26.0 Å². The average Bonchev–Trinajstić information content (AvgIpc) is 3.33. The first-order chi connectivity index (χ1) is 24.5. The Bertz CT molecular complexity index is 1560. The van der Waals surface area contributed by atoms with Gasteiger partial charge in [0.1, 0.15) is 12.1 Å². The van der Waals surface area contributed by atoms with Gasteiger partial charge in [-0.05, 0) is 50.5 Å². The molecule has 1 aliphatic carbocycles. The number of nitrogens with zero attached hydrogens (tertiary/aromatic N) is 1. The fourth-order valence-corrected chi connectivity index (χ4v) is 6.49. The van der Waals surface area contributed by atoms with Crippen LogP contribution in [0.3, 0.4) is 0 Å². The lowest BCUT2D eigenvalue weighted by molar-refractivity contribution is -0.127. The van der Waals surface area contributed by atoms with Gasteiger partial charge >= 0.3 is 12.1 Å². The molecule has 0 radical (unpaired) electrons. The van der Waals surface area contributed by atoms with Crippen LogP contribution in [-0.2, 0) is 33.4 Å². The van der Waals surface area contributed by atoms with Crippen molar-refractivity contribution in [2.75, 3.05) is 27.3 Å². The van der Waals surface area contributed by atoms with Crippen molar-refractivity contribution in [3.63, 3.8) is 0 Å². The van der Waals surface area contributed by atoms with Crippen molar-refractivity contribution in [1.82, 2.24) is 20.9 Å². The number of ether oxygens (including phenoxy) is 3. The second-order valence-corrected chi connectivity index (χ2v) is 14.0. The molecule has 52 heavy (non-hydrogen) atoms. The van der Waals surface area contributed by atoms with Gasteiger partial charge in [0, 0.05) is 50.4 Å². The highest BCUT2D eigenvalue weighted by molar-refractivity contribution is 6.23. The lowest BCUT2D eigenvalue weighted by atomic mass is 9.85. The van der Waals surface area contributed by atoms with Gasteiger partial charge in [-0.3, -0.25) is 24.1 Å². The van der Waals surface area contributed by atoms with Crippen LogP contribution in [0.5, 0.6) is 0 Å². The summed E-state index contributed by atoms with van der Waals surface area (Å²) in [6.45, 7) is 10.7. The fourth-order valence-electron chi connectivity index (χ4n) is 6.49. The van der Waals surface area contributed by atoms with Crippen molar-refractivity contribution < 1.29 is 48.1 Å². The van der Waals surface area contributed by atoms with E-state index < -0.39 is 66.0 Å². The largest absolute Gasteiger partial charge is 0.439 e. The second-order valence-electron chi connectivity index (χ2n) is 14.0. The predicted molar refractivity (Wildman–Crippen MR) is 191 cm³/mol. The number of hydrogen-bond donors (Lipinski definition) is 5. The van der Waals surface area contributed by atoms with Crippen LogP contribution in [0.4, 0.5) is 9.59 Å². The van der Waals surface area contributed by atoms with Gasteiger partial charge in [0.2, 0.25) is 11.6 Å². The maximum atomic E-state index is 13.9. The van der Waals surface area contributed by atoms with Gasteiger partial charge in [-0.15, -0.1) is 0 Å². The molecule has 6 N–H and O–H groups in total. The van der Waals surface area contributed by atoms with Crippen molar-refractivity contribution in [3.8, 4) is 0 Å². The molecule has 0 aromatic rings. The van der Waals surface area contributed by atoms with E-state index in [-0.39, 0.29) is 66.2 Å². The highest BCUT2D eigenvalue weighted by Crippen LogP contribution is 2.29. The number of urea groups is 1. The number of nitrogens with one attached hydrogen (secondary N) is 3. The van der Waals surface area contributed by atoms with E-state index in [9.17, 15) is 33.9 Å². The first kappa shape index (κ1) is 41.8. The zero-order valence-corrected chi connectivity index (χ0v) is 31.2. The van der Waals surface area contributed by atoms with Crippen LogP contribution in [0, 0.1) is 17.8 Å². The summed E-state index contributed by atoms with van der Waals surface area (Å²) in [6.07, 6.45) is 3.61. The molecule has 2 heterocycles. The Morgan fingerprint density at radius 3 is 2.42 bits per heavy atom. The smallest absolute Gasteiger partial charge is 0.405 e. The van der Waals surface area contributed by atoms with E-state index in [1.165, 1.54) is 33.3 Å². The standard InChI is InChI=1S/C37H53N5O10/c1-19(2)14-26-35(47)42(37(49)41-26)13-12-39-30-24-15-20(3)16-29(51-8)31(44)22(5)17-23(6)33(52-36(38)48)28(50-7)11-9-10-21(4)34(46)40-25(32(24)45)18-27(30)43/h9-11,17-20,22,26,28-29,31,33,39,44H,12-16H2,1-8H3,(H2,38,48)(H,40,46)(H,41,49)/b11-9+,21-10-,23-17+/t20-,22+,26+,28+,29+,31-,33+/m1/s1. The molecule has 1 fully saturated rings. The lowest BCUT2D eigenvalue weighted by Crippen LogP contribution is -2.40. The number of nitrogens with two attached hydrogens (primary N) is 1. The number of fused-ring (bicyclic) bond motifs is 2. The van der Waals surface area contributed by atoms with Gasteiger partial charge in [-0.1, -0.05) is 52.0 Å².